The smallest absolute Gasteiger partial charge is 0.303 e. The van der Waals surface area contributed by atoms with Crippen molar-refractivity contribution in [2.75, 3.05) is 25.7 Å². The third-order valence-corrected chi connectivity index (χ3v) is 4.60. The molecule has 27 heavy (non-hydrogen) atoms. The molecule has 8 nitrogen and oxygen atoms in total. The van der Waals surface area contributed by atoms with Crippen molar-refractivity contribution in [2.24, 2.45) is 5.92 Å². The van der Waals surface area contributed by atoms with Gasteiger partial charge in [0.25, 0.3) is 0 Å². The molecule has 148 valence electrons. The number of carbonyl (C=O) groups excluding carboxylic acids is 2. The molecule has 0 bridgehead atoms. The Labute approximate surface area is 158 Å². The van der Waals surface area contributed by atoms with E-state index < -0.39 is 17.4 Å². The van der Waals surface area contributed by atoms with Gasteiger partial charge in [0.2, 0.25) is 11.8 Å². The van der Waals surface area contributed by atoms with E-state index in [1.165, 1.54) is 12.0 Å². The molecule has 0 saturated carbocycles. The number of hydrogen-bond acceptors (Lipinski definition) is 5. The zero-order valence-corrected chi connectivity index (χ0v) is 16.1. The molecule has 1 fully saturated rings. The molecule has 1 aliphatic rings. The van der Waals surface area contributed by atoms with Gasteiger partial charge < -0.3 is 24.8 Å². The van der Waals surface area contributed by atoms with Gasteiger partial charge in [-0.05, 0) is 32.4 Å². The van der Waals surface area contributed by atoms with Crippen LogP contribution in [-0.4, -0.2) is 49.2 Å². The molecule has 1 unspecified atom stereocenters. The Morgan fingerprint density at radius 2 is 2.00 bits per heavy atom. The summed E-state index contributed by atoms with van der Waals surface area (Å²) < 4.78 is 10.5. The molecule has 1 aromatic rings. The molecule has 8 heteroatoms. The normalized spacial score (nSPS) is 17.0. The Bertz CT molecular complexity index is 731. The maximum absolute atomic E-state index is 12.6. The third-order valence-electron chi connectivity index (χ3n) is 4.60. The van der Waals surface area contributed by atoms with Crippen molar-refractivity contribution in [1.82, 2.24) is 5.32 Å². The fourth-order valence-electron chi connectivity index (χ4n) is 3.04. The van der Waals surface area contributed by atoms with Crippen molar-refractivity contribution in [3.8, 4) is 11.5 Å². The molecular formula is C19H26N2O6. The van der Waals surface area contributed by atoms with Crippen molar-refractivity contribution in [2.45, 2.75) is 38.6 Å². The number of carboxylic acids is 1. The van der Waals surface area contributed by atoms with Gasteiger partial charge in [0.1, 0.15) is 11.5 Å². The van der Waals surface area contributed by atoms with Crippen LogP contribution in [0, 0.1) is 5.92 Å². The lowest BCUT2D eigenvalue weighted by atomic mass is 9.96. The van der Waals surface area contributed by atoms with E-state index in [2.05, 4.69) is 5.32 Å². The van der Waals surface area contributed by atoms with E-state index in [4.69, 9.17) is 14.6 Å². The van der Waals surface area contributed by atoms with Gasteiger partial charge in [-0.1, -0.05) is 0 Å². The first kappa shape index (κ1) is 20.5. The van der Waals surface area contributed by atoms with Gasteiger partial charge in [-0.2, -0.15) is 0 Å². The summed E-state index contributed by atoms with van der Waals surface area (Å²) in [5.41, 5.74) is -0.0762. The number of nitrogens with zero attached hydrogens (tertiary/aromatic N) is 1. The second-order valence-electron chi connectivity index (χ2n) is 7.21. The molecule has 2 N–H and O–H groups in total. The van der Waals surface area contributed by atoms with Crippen LogP contribution in [0.1, 0.15) is 33.1 Å². The van der Waals surface area contributed by atoms with Gasteiger partial charge in [-0.25, -0.2) is 0 Å². The van der Waals surface area contributed by atoms with Gasteiger partial charge in [0, 0.05) is 31.0 Å². The summed E-state index contributed by atoms with van der Waals surface area (Å²) in [5.74, 6) is -0.738. The molecule has 0 spiro atoms. The SMILES string of the molecule is COc1ccc(N2CC(C(=O)NC(C)(C)CCC(=O)O)CC2=O)c(OC)c1. The number of amides is 2. The molecular weight excluding hydrogens is 352 g/mol. The predicted molar refractivity (Wildman–Crippen MR) is 99.1 cm³/mol. The van der Waals surface area contributed by atoms with E-state index in [0.29, 0.717) is 23.6 Å². The van der Waals surface area contributed by atoms with E-state index in [1.54, 1.807) is 39.2 Å². The number of carbonyl (C=O) groups is 3. The van der Waals surface area contributed by atoms with Crippen LogP contribution < -0.4 is 19.7 Å². The molecule has 2 amide bonds. The number of carboxylic acid groups (broad SMARTS) is 1. The number of anilines is 1. The van der Waals surface area contributed by atoms with E-state index in [9.17, 15) is 14.4 Å². The van der Waals surface area contributed by atoms with Crippen LogP contribution in [0.2, 0.25) is 0 Å². The average molecular weight is 378 g/mol. The minimum Gasteiger partial charge on any atom is -0.497 e. The zero-order chi connectivity index (χ0) is 20.2. The van der Waals surface area contributed by atoms with Crippen LogP contribution in [0.15, 0.2) is 18.2 Å². The first-order chi connectivity index (χ1) is 12.7. The number of ether oxygens (including phenoxy) is 2. The standard InChI is InChI=1S/C19H26N2O6/c1-19(2,8-7-17(23)24)20-18(25)12-9-16(22)21(11-12)14-6-5-13(26-3)10-15(14)27-4/h5-6,10,12H,7-9,11H2,1-4H3,(H,20,25)(H,23,24). The van der Waals surface area contributed by atoms with Gasteiger partial charge >= 0.3 is 5.97 Å². The highest BCUT2D eigenvalue weighted by molar-refractivity contribution is 6.01. The Balaban J connectivity index is 2.09. The molecule has 1 heterocycles. The highest BCUT2D eigenvalue weighted by Crippen LogP contribution is 2.36. The van der Waals surface area contributed by atoms with Crippen LogP contribution >= 0.6 is 0 Å². The fraction of sp³-hybridized carbons (Fsp3) is 0.526. The monoisotopic (exact) mass is 378 g/mol. The van der Waals surface area contributed by atoms with Crippen molar-refractivity contribution in [3.05, 3.63) is 18.2 Å². The summed E-state index contributed by atoms with van der Waals surface area (Å²) in [4.78, 5) is 37.4. The van der Waals surface area contributed by atoms with Crippen LogP contribution in [0.25, 0.3) is 0 Å². The molecule has 1 aromatic carbocycles. The van der Waals surface area contributed by atoms with E-state index in [1.807, 2.05) is 0 Å². The number of benzene rings is 1. The summed E-state index contributed by atoms with van der Waals surface area (Å²) >= 11 is 0. The summed E-state index contributed by atoms with van der Waals surface area (Å²) in [6.07, 6.45) is 0.368. The first-order valence-corrected chi connectivity index (χ1v) is 8.73. The Hall–Kier alpha value is -2.77. The topological polar surface area (TPSA) is 105 Å². The molecule has 1 saturated heterocycles. The number of rotatable bonds is 8. The fourth-order valence-corrected chi connectivity index (χ4v) is 3.04. The van der Waals surface area contributed by atoms with E-state index in [0.717, 1.165) is 0 Å². The minimum atomic E-state index is -0.911. The highest BCUT2D eigenvalue weighted by atomic mass is 16.5. The average Bonchev–Trinajstić information content (AvgIpc) is 3.01. The number of methoxy groups -OCH3 is 2. The second kappa shape index (κ2) is 8.28. The predicted octanol–water partition coefficient (Wildman–Crippen LogP) is 1.82. The molecule has 0 aromatic heterocycles. The number of hydrogen-bond donors (Lipinski definition) is 2. The van der Waals surface area contributed by atoms with Crippen LogP contribution in [0.4, 0.5) is 5.69 Å². The van der Waals surface area contributed by atoms with Crippen molar-refractivity contribution < 1.29 is 29.0 Å². The lowest BCUT2D eigenvalue weighted by Crippen LogP contribution is -2.46. The Morgan fingerprint density at radius 3 is 2.59 bits per heavy atom. The van der Waals surface area contributed by atoms with Crippen LogP contribution in [-0.2, 0) is 14.4 Å². The van der Waals surface area contributed by atoms with Gasteiger partial charge in [0.05, 0.1) is 25.8 Å². The van der Waals surface area contributed by atoms with Crippen LogP contribution in [0.3, 0.4) is 0 Å². The summed E-state index contributed by atoms with van der Waals surface area (Å²) in [5, 5.41) is 11.7. The largest absolute Gasteiger partial charge is 0.497 e. The maximum Gasteiger partial charge on any atom is 0.303 e. The molecule has 2 rings (SSSR count). The third kappa shape index (κ3) is 5.12. The summed E-state index contributed by atoms with van der Waals surface area (Å²) in [6, 6.07) is 5.14. The van der Waals surface area contributed by atoms with Crippen LogP contribution in [0.5, 0.6) is 11.5 Å². The molecule has 0 aliphatic carbocycles. The van der Waals surface area contributed by atoms with Gasteiger partial charge in [-0.3, -0.25) is 14.4 Å². The quantitative estimate of drug-likeness (QED) is 0.715. The van der Waals surface area contributed by atoms with Gasteiger partial charge in [-0.15, -0.1) is 0 Å². The Kier molecular flexibility index (Phi) is 6.30. The van der Waals surface area contributed by atoms with Crippen molar-refractivity contribution >= 4 is 23.5 Å². The van der Waals surface area contributed by atoms with E-state index in [-0.39, 0.29) is 31.2 Å². The minimum absolute atomic E-state index is 0.0357. The molecule has 1 aliphatic heterocycles. The number of nitrogens with one attached hydrogen (secondary N) is 1. The first-order valence-electron chi connectivity index (χ1n) is 8.73. The summed E-state index contributed by atoms with van der Waals surface area (Å²) in [7, 11) is 3.05. The number of aliphatic carboxylic acids is 1. The van der Waals surface area contributed by atoms with E-state index >= 15 is 0 Å². The molecule has 1 atom stereocenters. The highest BCUT2D eigenvalue weighted by Gasteiger charge is 2.38. The zero-order valence-electron chi connectivity index (χ0n) is 16.1. The van der Waals surface area contributed by atoms with Crippen molar-refractivity contribution in [3.63, 3.8) is 0 Å². The summed E-state index contributed by atoms with van der Waals surface area (Å²) in [6.45, 7) is 3.78. The lowest BCUT2D eigenvalue weighted by Gasteiger charge is -2.27. The maximum atomic E-state index is 12.6. The molecule has 0 radical (unpaired) electrons. The van der Waals surface area contributed by atoms with Crippen molar-refractivity contribution in [1.29, 1.82) is 0 Å². The second-order valence-corrected chi connectivity index (χ2v) is 7.21. The Morgan fingerprint density at radius 1 is 1.30 bits per heavy atom. The van der Waals surface area contributed by atoms with Gasteiger partial charge in [0.15, 0.2) is 0 Å². The lowest BCUT2D eigenvalue weighted by molar-refractivity contribution is -0.138.